The summed E-state index contributed by atoms with van der Waals surface area (Å²) in [6.07, 6.45) is 4.48. The molecule has 1 atom stereocenters. The fraction of sp³-hybridized carbons (Fsp3) is 0.300. The molecule has 1 rings (SSSR count). The molecule has 0 bridgehead atoms. The normalized spacial score (nSPS) is 12.5. The van der Waals surface area contributed by atoms with Crippen LogP contribution in [0.1, 0.15) is 30.6 Å². The van der Waals surface area contributed by atoms with E-state index in [4.69, 9.17) is 5.73 Å². The average molecular weight is 162 g/mol. The van der Waals surface area contributed by atoms with Gasteiger partial charge in [0.2, 0.25) is 0 Å². The Hall–Kier alpha value is -1.15. The molecule has 0 aliphatic rings. The maximum Gasteiger partial charge on any atom is 0.0576 e. The zero-order valence-electron chi connectivity index (χ0n) is 7.33. The van der Waals surface area contributed by atoms with E-state index in [1.807, 2.05) is 19.1 Å². The van der Waals surface area contributed by atoms with Gasteiger partial charge < -0.3 is 5.73 Å². The average Bonchev–Trinajstić information content (AvgIpc) is 2.17. The molecule has 1 aromatic heterocycles. The molecule has 0 saturated carbocycles. The number of pyridine rings is 1. The Labute approximate surface area is 73.1 Å². The second-order valence-electron chi connectivity index (χ2n) is 2.73. The monoisotopic (exact) mass is 162 g/mol. The summed E-state index contributed by atoms with van der Waals surface area (Å²) >= 11 is 0. The Balaban J connectivity index is 2.93. The van der Waals surface area contributed by atoms with Crippen molar-refractivity contribution in [1.29, 1.82) is 0 Å². The predicted molar refractivity (Wildman–Crippen MR) is 51.5 cm³/mol. The topological polar surface area (TPSA) is 38.9 Å². The smallest absolute Gasteiger partial charge is 0.0576 e. The first-order chi connectivity index (χ1) is 5.77. The van der Waals surface area contributed by atoms with E-state index in [9.17, 15) is 0 Å². The van der Waals surface area contributed by atoms with Gasteiger partial charge in [-0.1, -0.05) is 19.6 Å². The molecule has 0 unspecified atom stereocenters. The van der Waals surface area contributed by atoms with Gasteiger partial charge in [-0.3, -0.25) is 4.98 Å². The molecule has 0 saturated heterocycles. The standard InChI is InChI=1S/C10H14N2/c1-3-8-5-6-12-10(7-8)9(11)4-2/h3,5-7,9H,1,4,11H2,2H3/t9-/m0/s1. The molecule has 12 heavy (non-hydrogen) atoms. The van der Waals surface area contributed by atoms with Gasteiger partial charge in [0.25, 0.3) is 0 Å². The quantitative estimate of drug-likeness (QED) is 0.739. The van der Waals surface area contributed by atoms with Crippen molar-refractivity contribution in [2.45, 2.75) is 19.4 Å². The first-order valence-electron chi connectivity index (χ1n) is 4.12. The highest BCUT2D eigenvalue weighted by molar-refractivity contribution is 5.46. The molecule has 1 heterocycles. The predicted octanol–water partition coefficient (Wildman–Crippen LogP) is 2.13. The van der Waals surface area contributed by atoms with Crippen molar-refractivity contribution in [1.82, 2.24) is 4.98 Å². The van der Waals surface area contributed by atoms with Gasteiger partial charge >= 0.3 is 0 Å². The number of hydrogen-bond acceptors (Lipinski definition) is 2. The van der Waals surface area contributed by atoms with E-state index in [1.54, 1.807) is 12.3 Å². The molecule has 2 nitrogen and oxygen atoms in total. The zero-order valence-corrected chi connectivity index (χ0v) is 7.33. The third kappa shape index (κ3) is 1.92. The third-order valence-electron chi connectivity index (χ3n) is 1.86. The second kappa shape index (κ2) is 4.02. The summed E-state index contributed by atoms with van der Waals surface area (Å²) in [5.74, 6) is 0. The van der Waals surface area contributed by atoms with Crippen LogP contribution in [-0.2, 0) is 0 Å². The fourth-order valence-electron chi connectivity index (χ4n) is 1.00. The molecule has 1 aromatic rings. The van der Waals surface area contributed by atoms with Gasteiger partial charge in [-0.15, -0.1) is 0 Å². The number of hydrogen-bond donors (Lipinski definition) is 1. The van der Waals surface area contributed by atoms with Crippen LogP contribution in [0.5, 0.6) is 0 Å². The Kier molecular flexibility index (Phi) is 3.00. The van der Waals surface area contributed by atoms with E-state index < -0.39 is 0 Å². The highest BCUT2D eigenvalue weighted by atomic mass is 14.8. The molecule has 2 heteroatoms. The Morgan fingerprint density at radius 2 is 2.50 bits per heavy atom. The van der Waals surface area contributed by atoms with Crippen LogP contribution in [0.25, 0.3) is 6.08 Å². The van der Waals surface area contributed by atoms with Crippen molar-refractivity contribution in [3.8, 4) is 0 Å². The molecule has 0 aromatic carbocycles. The van der Waals surface area contributed by atoms with Crippen molar-refractivity contribution in [3.63, 3.8) is 0 Å². The molecular formula is C10H14N2. The number of nitrogens with zero attached hydrogens (tertiary/aromatic N) is 1. The Bertz CT molecular complexity index is 268. The summed E-state index contributed by atoms with van der Waals surface area (Å²) in [5.41, 5.74) is 7.83. The summed E-state index contributed by atoms with van der Waals surface area (Å²) in [7, 11) is 0. The van der Waals surface area contributed by atoms with E-state index in [0.717, 1.165) is 17.7 Å². The lowest BCUT2D eigenvalue weighted by Crippen LogP contribution is -2.10. The minimum Gasteiger partial charge on any atom is -0.323 e. The van der Waals surface area contributed by atoms with Crippen molar-refractivity contribution in [3.05, 3.63) is 36.2 Å². The molecule has 0 fully saturated rings. The molecule has 0 radical (unpaired) electrons. The molecule has 0 amide bonds. The van der Waals surface area contributed by atoms with Crippen molar-refractivity contribution < 1.29 is 0 Å². The lowest BCUT2D eigenvalue weighted by molar-refractivity contribution is 0.675. The van der Waals surface area contributed by atoms with Crippen LogP contribution < -0.4 is 5.73 Å². The highest BCUT2D eigenvalue weighted by Gasteiger charge is 2.03. The highest BCUT2D eigenvalue weighted by Crippen LogP contribution is 2.12. The van der Waals surface area contributed by atoms with Crippen LogP contribution in [0.2, 0.25) is 0 Å². The minimum atomic E-state index is 0.0462. The van der Waals surface area contributed by atoms with Gasteiger partial charge in [-0.05, 0) is 24.1 Å². The van der Waals surface area contributed by atoms with Crippen LogP contribution in [-0.4, -0.2) is 4.98 Å². The van der Waals surface area contributed by atoms with Crippen LogP contribution in [0.15, 0.2) is 24.9 Å². The number of rotatable bonds is 3. The van der Waals surface area contributed by atoms with E-state index in [1.165, 1.54) is 0 Å². The SMILES string of the molecule is C=Cc1ccnc([C@@H](N)CC)c1. The van der Waals surface area contributed by atoms with Gasteiger partial charge in [0.15, 0.2) is 0 Å². The van der Waals surface area contributed by atoms with Gasteiger partial charge in [-0.25, -0.2) is 0 Å². The maximum atomic E-state index is 5.82. The van der Waals surface area contributed by atoms with Gasteiger partial charge in [0.1, 0.15) is 0 Å². The molecule has 0 aliphatic carbocycles. The number of aromatic nitrogens is 1. The number of nitrogens with two attached hydrogens (primary N) is 1. The second-order valence-corrected chi connectivity index (χ2v) is 2.73. The van der Waals surface area contributed by atoms with Crippen LogP contribution in [0.4, 0.5) is 0 Å². The van der Waals surface area contributed by atoms with Gasteiger partial charge in [-0.2, -0.15) is 0 Å². The van der Waals surface area contributed by atoms with E-state index in [0.29, 0.717) is 0 Å². The van der Waals surface area contributed by atoms with Crippen molar-refractivity contribution >= 4 is 6.08 Å². The summed E-state index contributed by atoms with van der Waals surface area (Å²) in [4.78, 5) is 4.19. The summed E-state index contributed by atoms with van der Waals surface area (Å²) in [5, 5.41) is 0. The van der Waals surface area contributed by atoms with E-state index >= 15 is 0 Å². The van der Waals surface area contributed by atoms with Crippen LogP contribution >= 0.6 is 0 Å². The van der Waals surface area contributed by atoms with Crippen molar-refractivity contribution in [2.75, 3.05) is 0 Å². The first kappa shape index (κ1) is 8.94. The zero-order chi connectivity index (χ0) is 8.97. The lowest BCUT2D eigenvalue weighted by atomic mass is 10.1. The van der Waals surface area contributed by atoms with E-state index in [2.05, 4.69) is 11.6 Å². The maximum absolute atomic E-state index is 5.82. The molecular weight excluding hydrogens is 148 g/mol. The van der Waals surface area contributed by atoms with Crippen molar-refractivity contribution in [2.24, 2.45) is 5.73 Å². The minimum absolute atomic E-state index is 0.0462. The van der Waals surface area contributed by atoms with E-state index in [-0.39, 0.29) is 6.04 Å². The molecule has 0 spiro atoms. The molecule has 0 aliphatic heterocycles. The molecule has 64 valence electrons. The summed E-state index contributed by atoms with van der Waals surface area (Å²) in [6.45, 7) is 5.74. The fourth-order valence-corrected chi connectivity index (χ4v) is 1.00. The first-order valence-corrected chi connectivity index (χ1v) is 4.12. The molecule has 2 N–H and O–H groups in total. The van der Waals surface area contributed by atoms with Gasteiger partial charge in [0, 0.05) is 12.2 Å². The van der Waals surface area contributed by atoms with Gasteiger partial charge in [0.05, 0.1) is 5.69 Å². The van der Waals surface area contributed by atoms with Crippen LogP contribution in [0, 0.1) is 0 Å². The Morgan fingerprint density at radius 3 is 3.08 bits per heavy atom. The largest absolute Gasteiger partial charge is 0.323 e. The Morgan fingerprint density at radius 1 is 1.75 bits per heavy atom. The van der Waals surface area contributed by atoms with Crippen LogP contribution in [0.3, 0.4) is 0 Å². The summed E-state index contributed by atoms with van der Waals surface area (Å²) in [6, 6.07) is 3.94. The lowest BCUT2D eigenvalue weighted by Gasteiger charge is -2.07. The summed E-state index contributed by atoms with van der Waals surface area (Å²) < 4.78 is 0. The third-order valence-corrected chi connectivity index (χ3v) is 1.86.